The van der Waals surface area contributed by atoms with Crippen LogP contribution in [0.25, 0.3) is 22.4 Å². The number of anilines is 2. The number of benzene rings is 2. The fourth-order valence-corrected chi connectivity index (χ4v) is 2.62. The second-order valence-electron chi connectivity index (χ2n) is 5.74. The van der Waals surface area contributed by atoms with Crippen molar-refractivity contribution in [1.29, 1.82) is 0 Å². The number of phenolic OH excluding ortho intramolecular Hbond substituents is 1. The van der Waals surface area contributed by atoms with Crippen molar-refractivity contribution < 1.29 is 10.0 Å². The summed E-state index contributed by atoms with van der Waals surface area (Å²) in [5.74, 6) is 0.593. The minimum atomic E-state index is -0.452. The zero-order chi connectivity index (χ0) is 18.8. The normalized spacial score (nSPS) is 10.7. The lowest BCUT2D eigenvalue weighted by Crippen LogP contribution is -1.99. The van der Waals surface area contributed by atoms with Gasteiger partial charge in [-0.2, -0.15) is 0 Å². The van der Waals surface area contributed by atoms with Gasteiger partial charge in [-0.25, -0.2) is 9.97 Å². The van der Waals surface area contributed by atoms with Gasteiger partial charge in [0.05, 0.1) is 16.8 Å². The third kappa shape index (κ3) is 3.36. The van der Waals surface area contributed by atoms with E-state index >= 15 is 0 Å². The molecule has 0 bridgehead atoms. The number of nitrogens with zero attached hydrogens (tertiary/aromatic N) is 4. The van der Waals surface area contributed by atoms with Crippen molar-refractivity contribution in [3.05, 3.63) is 77.0 Å². The van der Waals surface area contributed by atoms with Gasteiger partial charge in [0.25, 0.3) is 5.69 Å². The van der Waals surface area contributed by atoms with Gasteiger partial charge >= 0.3 is 0 Å². The van der Waals surface area contributed by atoms with Crippen molar-refractivity contribution in [3.63, 3.8) is 0 Å². The summed E-state index contributed by atoms with van der Waals surface area (Å²) in [4.78, 5) is 24.0. The van der Waals surface area contributed by atoms with E-state index in [0.29, 0.717) is 28.4 Å². The first kappa shape index (κ1) is 16.4. The summed E-state index contributed by atoms with van der Waals surface area (Å²) in [6.07, 6.45) is 1.63. The highest BCUT2D eigenvalue weighted by Crippen LogP contribution is 2.27. The minimum absolute atomic E-state index is 0.0386. The monoisotopic (exact) mass is 359 g/mol. The van der Waals surface area contributed by atoms with E-state index in [2.05, 4.69) is 20.3 Å². The summed E-state index contributed by atoms with van der Waals surface area (Å²) >= 11 is 0. The van der Waals surface area contributed by atoms with Crippen LogP contribution in [0.5, 0.6) is 5.75 Å². The Morgan fingerprint density at radius 3 is 2.52 bits per heavy atom. The van der Waals surface area contributed by atoms with Crippen LogP contribution in [0.3, 0.4) is 0 Å². The highest BCUT2D eigenvalue weighted by atomic mass is 16.6. The molecule has 2 heterocycles. The van der Waals surface area contributed by atoms with Crippen LogP contribution < -0.4 is 5.32 Å². The predicted octanol–water partition coefficient (Wildman–Crippen LogP) is 4.05. The summed E-state index contributed by atoms with van der Waals surface area (Å²) in [5, 5.41) is 23.5. The summed E-state index contributed by atoms with van der Waals surface area (Å²) in [6, 6.07) is 16.4. The van der Waals surface area contributed by atoms with E-state index in [-0.39, 0.29) is 11.4 Å². The topological polar surface area (TPSA) is 114 Å². The Bertz CT molecular complexity index is 1150. The molecule has 0 aliphatic heterocycles. The maximum Gasteiger partial charge on any atom is 0.292 e. The first-order chi connectivity index (χ1) is 13.1. The number of fused-ring (bicyclic) bond motifs is 1. The first-order valence-corrected chi connectivity index (χ1v) is 8.04. The van der Waals surface area contributed by atoms with Crippen molar-refractivity contribution in [2.75, 3.05) is 5.32 Å². The van der Waals surface area contributed by atoms with Crippen LogP contribution in [0, 0.1) is 10.1 Å². The molecule has 0 atom stereocenters. The predicted molar refractivity (Wildman–Crippen MR) is 101 cm³/mol. The van der Waals surface area contributed by atoms with Gasteiger partial charge in [0, 0.05) is 11.6 Å². The number of para-hydroxylation sites is 2. The zero-order valence-corrected chi connectivity index (χ0v) is 13.9. The van der Waals surface area contributed by atoms with Gasteiger partial charge in [-0.15, -0.1) is 0 Å². The molecule has 8 heteroatoms. The molecule has 0 spiro atoms. The van der Waals surface area contributed by atoms with Crippen LogP contribution in [0.1, 0.15) is 0 Å². The number of pyridine rings is 1. The molecule has 0 aliphatic rings. The Kier molecular flexibility index (Phi) is 4.06. The molecule has 0 fully saturated rings. The van der Waals surface area contributed by atoms with Crippen LogP contribution in [-0.2, 0) is 0 Å². The molecule has 0 saturated carbocycles. The number of nitro groups is 1. The third-order valence-electron chi connectivity index (χ3n) is 3.93. The van der Waals surface area contributed by atoms with E-state index in [1.54, 1.807) is 60.8 Å². The number of phenols is 1. The van der Waals surface area contributed by atoms with Crippen molar-refractivity contribution in [2.24, 2.45) is 0 Å². The second kappa shape index (κ2) is 6.68. The highest BCUT2D eigenvalue weighted by molar-refractivity contribution is 5.77. The molecule has 4 aromatic rings. The summed E-state index contributed by atoms with van der Waals surface area (Å²) in [6.45, 7) is 0. The molecular formula is C19H13N5O3. The molecular weight excluding hydrogens is 346 g/mol. The molecule has 132 valence electrons. The molecule has 0 aliphatic carbocycles. The van der Waals surface area contributed by atoms with Crippen LogP contribution in [0.15, 0.2) is 66.9 Å². The van der Waals surface area contributed by atoms with Crippen LogP contribution in [-0.4, -0.2) is 25.0 Å². The Morgan fingerprint density at radius 1 is 0.963 bits per heavy atom. The number of hydrogen-bond acceptors (Lipinski definition) is 7. The number of aromatic nitrogens is 3. The highest BCUT2D eigenvalue weighted by Gasteiger charge is 2.13. The maximum absolute atomic E-state index is 11.2. The minimum Gasteiger partial charge on any atom is -0.508 e. The zero-order valence-electron chi connectivity index (χ0n) is 13.9. The van der Waals surface area contributed by atoms with Gasteiger partial charge in [-0.05, 0) is 42.5 Å². The molecule has 0 saturated heterocycles. The van der Waals surface area contributed by atoms with Gasteiger partial charge in [0.2, 0.25) is 0 Å². The van der Waals surface area contributed by atoms with Gasteiger partial charge < -0.3 is 10.4 Å². The van der Waals surface area contributed by atoms with Gasteiger partial charge in [-0.3, -0.25) is 15.1 Å². The van der Waals surface area contributed by atoms with E-state index in [0.717, 1.165) is 5.56 Å². The number of aromatic hydroxyl groups is 1. The van der Waals surface area contributed by atoms with Crippen molar-refractivity contribution in [1.82, 2.24) is 15.0 Å². The van der Waals surface area contributed by atoms with E-state index in [9.17, 15) is 15.2 Å². The lowest BCUT2D eigenvalue weighted by molar-refractivity contribution is -0.383. The fourth-order valence-electron chi connectivity index (χ4n) is 2.62. The fraction of sp³-hybridized carbons (Fsp3) is 0. The van der Waals surface area contributed by atoms with E-state index in [1.165, 1.54) is 6.07 Å². The van der Waals surface area contributed by atoms with E-state index in [1.807, 2.05) is 0 Å². The first-order valence-electron chi connectivity index (χ1n) is 8.04. The number of nitro benzene ring substituents is 1. The van der Waals surface area contributed by atoms with Crippen molar-refractivity contribution >= 4 is 28.4 Å². The maximum atomic E-state index is 11.2. The number of hydrogen-bond donors (Lipinski definition) is 2. The summed E-state index contributed by atoms with van der Waals surface area (Å²) in [5.41, 5.74) is 2.72. The molecule has 2 aromatic heterocycles. The Labute approximate surface area is 153 Å². The second-order valence-corrected chi connectivity index (χ2v) is 5.74. The van der Waals surface area contributed by atoms with Gasteiger partial charge in [0.1, 0.15) is 22.8 Å². The third-order valence-corrected chi connectivity index (χ3v) is 3.93. The van der Waals surface area contributed by atoms with E-state index in [4.69, 9.17) is 0 Å². The van der Waals surface area contributed by atoms with Crippen LogP contribution in [0.4, 0.5) is 17.2 Å². The average Bonchev–Trinajstić information content (AvgIpc) is 2.68. The molecule has 8 nitrogen and oxygen atoms in total. The quantitative estimate of drug-likeness (QED) is 0.417. The van der Waals surface area contributed by atoms with Crippen LogP contribution in [0.2, 0.25) is 0 Å². The molecule has 27 heavy (non-hydrogen) atoms. The molecule has 4 rings (SSSR count). The molecule has 0 radical (unpaired) electrons. The largest absolute Gasteiger partial charge is 0.508 e. The standard InChI is InChI=1S/C19H13N5O3/c25-13-7-5-12(6-8-13)16-11-20-15-9-10-18(23-19(15)22-16)21-14-3-1-2-4-17(14)24(26)27/h1-11,25H,(H,21,22,23). The SMILES string of the molecule is O=[N+]([O-])c1ccccc1Nc1ccc2ncc(-c3ccc(O)cc3)nc2n1. The van der Waals surface area contributed by atoms with E-state index < -0.39 is 4.92 Å². The average molecular weight is 359 g/mol. The lowest BCUT2D eigenvalue weighted by atomic mass is 10.1. The summed E-state index contributed by atoms with van der Waals surface area (Å²) in [7, 11) is 0. The summed E-state index contributed by atoms with van der Waals surface area (Å²) < 4.78 is 0. The molecule has 0 amide bonds. The molecule has 2 N–H and O–H groups in total. The molecule has 2 aromatic carbocycles. The lowest BCUT2D eigenvalue weighted by Gasteiger charge is -2.07. The van der Waals surface area contributed by atoms with Crippen molar-refractivity contribution in [2.45, 2.75) is 0 Å². The smallest absolute Gasteiger partial charge is 0.292 e. The molecule has 0 unspecified atom stereocenters. The Hall–Kier alpha value is -4.07. The number of rotatable bonds is 4. The number of nitrogens with one attached hydrogen (secondary N) is 1. The van der Waals surface area contributed by atoms with Gasteiger partial charge in [0.15, 0.2) is 5.65 Å². The Balaban J connectivity index is 1.71. The van der Waals surface area contributed by atoms with Gasteiger partial charge in [-0.1, -0.05) is 12.1 Å². The van der Waals surface area contributed by atoms with Crippen molar-refractivity contribution in [3.8, 4) is 17.0 Å². The Morgan fingerprint density at radius 2 is 1.74 bits per heavy atom. The van der Waals surface area contributed by atoms with Crippen LogP contribution >= 0.6 is 0 Å².